The predicted molar refractivity (Wildman–Crippen MR) is 52.8 cm³/mol. The number of hydrogen-bond donors (Lipinski definition) is 2. The first-order valence-corrected chi connectivity index (χ1v) is 4.91. The number of carbonyl (C=O) groups is 2. The van der Waals surface area contributed by atoms with Crippen molar-refractivity contribution in [3.63, 3.8) is 0 Å². The molecular formula is C10H10F3NO4. The molecule has 0 bridgehead atoms. The molecule has 2 N–H and O–H groups in total. The van der Waals surface area contributed by atoms with E-state index in [0.29, 0.717) is 0 Å². The number of rotatable bonds is 5. The third-order valence-electron chi connectivity index (χ3n) is 2.13. The maximum atomic E-state index is 12.0. The van der Waals surface area contributed by atoms with Gasteiger partial charge in [0, 0.05) is 12.5 Å². The number of carboxylic acid groups (broad SMARTS) is 1. The first-order valence-electron chi connectivity index (χ1n) is 4.91. The first kappa shape index (κ1) is 14.1. The second-order valence-electron chi connectivity index (χ2n) is 3.52. The van der Waals surface area contributed by atoms with Crippen molar-refractivity contribution in [1.29, 1.82) is 0 Å². The number of alkyl halides is 3. The van der Waals surface area contributed by atoms with E-state index in [9.17, 15) is 22.8 Å². The van der Waals surface area contributed by atoms with Crippen LogP contribution in [-0.2, 0) is 9.59 Å². The van der Waals surface area contributed by atoms with Gasteiger partial charge in [0.05, 0.1) is 12.7 Å². The summed E-state index contributed by atoms with van der Waals surface area (Å²) in [5, 5.41) is 10.3. The van der Waals surface area contributed by atoms with Gasteiger partial charge in [-0.2, -0.15) is 13.2 Å². The van der Waals surface area contributed by atoms with Crippen LogP contribution >= 0.6 is 0 Å². The van der Waals surface area contributed by atoms with Crippen molar-refractivity contribution in [1.82, 2.24) is 5.32 Å². The number of furan rings is 1. The van der Waals surface area contributed by atoms with Gasteiger partial charge in [0.15, 0.2) is 0 Å². The maximum absolute atomic E-state index is 12.0. The second-order valence-corrected chi connectivity index (χ2v) is 3.52. The number of carboxylic acids is 1. The van der Waals surface area contributed by atoms with Gasteiger partial charge < -0.3 is 14.8 Å². The number of amides is 1. The summed E-state index contributed by atoms with van der Waals surface area (Å²) in [4.78, 5) is 21.2. The molecule has 1 aromatic rings. The minimum atomic E-state index is -4.99. The first-order chi connectivity index (χ1) is 8.30. The maximum Gasteiger partial charge on any atom is 0.471 e. The minimum Gasteiger partial charge on any atom is -0.481 e. The van der Waals surface area contributed by atoms with Gasteiger partial charge in [0.25, 0.3) is 0 Å². The zero-order chi connectivity index (χ0) is 13.8. The molecule has 8 heteroatoms. The van der Waals surface area contributed by atoms with Crippen molar-refractivity contribution in [3.05, 3.63) is 24.2 Å². The highest BCUT2D eigenvalue weighted by atomic mass is 19.4. The second kappa shape index (κ2) is 5.56. The number of nitrogens with one attached hydrogen (secondary N) is 1. The molecule has 0 aliphatic rings. The Labute approximate surface area is 99.6 Å². The average molecular weight is 265 g/mol. The van der Waals surface area contributed by atoms with Gasteiger partial charge in [-0.25, -0.2) is 0 Å². The lowest BCUT2D eigenvalue weighted by atomic mass is 10.0. The summed E-state index contributed by atoms with van der Waals surface area (Å²) in [5.41, 5.74) is 0. The Morgan fingerprint density at radius 2 is 2.11 bits per heavy atom. The quantitative estimate of drug-likeness (QED) is 0.845. The smallest absolute Gasteiger partial charge is 0.471 e. The van der Waals surface area contributed by atoms with Gasteiger partial charge in [0.2, 0.25) is 0 Å². The molecule has 0 spiro atoms. The molecule has 0 aliphatic carbocycles. The molecule has 0 aromatic carbocycles. The lowest BCUT2D eigenvalue weighted by molar-refractivity contribution is -0.173. The van der Waals surface area contributed by atoms with Crippen LogP contribution in [0.1, 0.15) is 18.1 Å². The Bertz CT molecular complexity index is 413. The summed E-state index contributed by atoms with van der Waals surface area (Å²) >= 11 is 0. The van der Waals surface area contributed by atoms with Crippen LogP contribution < -0.4 is 5.32 Å². The van der Waals surface area contributed by atoms with E-state index in [1.807, 2.05) is 0 Å². The molecule has 0 saturated carbocycles. The van der Waals surface area contributed by atoms with Gasteiger partial charge in [-0.3, -0.25) is 9.59 Å². The summed E-state index contributed by atoms with van der Waals surface area (Å²) in [5.74, 6) is -3.94. The van der Waals surface area contributed by atoms with E-state index in [4.69, 9.17) is 9.52 Å². The summed E-state index contributed by atoms with van der Waals surface area (Å²) in [6.07, 6.45) is -4.15. The molecule has 1 amide bonds. The predicted octanol–water partition coefficient (Wildman–Crippen LogP) is 1.52. The number of halogens is 3. The summed E-state index contributed by atoms with van der Waals surface area (Å²) in [6, 6.07) is 2.92. The number of hydrogen-bond acceptors (Lipinski definition) is 3. The van der Waals surface area contributed by atoms with Gasteiger partial charge in [-0.1, -0.05) is 0 Å². The van der Waals surface area contributed by atoms with Gasteiger partial charge in [-0.05, 0) is 12.1 Å². The monoisotopic (exact) mass is 265 g/mol. The third kappa shape index (κ3) is 4.11. The van der Waals surface area contributed by atoms with Crippen LogP contribution in [0.4, 0.5) is 13.2 Å². The van der Waals surface area contributed by atoms with E-state index < -0.39 is 36.9 Å². The molecule has 1 rings (SSSR count). The van der Waals surface area contributed by atoms with E-state index in [1.165, 1.54) is 18.4 Å². The average Bonchev–Trinajstić information content (AvgIpc) is 2.74. The Hall–Kier alpha value is -1.99. The lowest BCUT2D eigenvalue weighted by Crippen LogP contribution is -2.39. The van der Waals surface area contributed by atoms with Crippen molar-refractivity contribution in [2.75, 3.05) is 6.54 Å². The van der Waals surface area contributed by atoms with Crippen molar-refractivity contribution in [2.45, 2.75) is 18.5 Å². The largest absolute Gasteiger partial charge is 0.481 e. The van der Waals surface area contributed by atoms with Gasteiger partial charge in [0.1, 0.15) is 5.76 Å². The van der Waals surface area contributed by atoms with E-state index in [-0.39, 0.29) is 5.76 Å². The van der Waals surface area contributed by atoms with E-state index >= 15 is 0 Å². The van der Waals surface area contributed by atoms with Crippen LogP contribution in [0.3, 0.4) is 0 Å². The molecule has 1 heterocycles. The zero-order valence-corrected chi connectivity index (χ0v) is 9.03. The summed E-state index contributed by atoms with van der Waals surface area (Å²) in [7, 11) is 0. The van der Waals surface area contributed by atoms with Crippen molar-refractivity contribution in [3.8, 4) is 0 Å². The molecule has 1 atom stereocenters. The minimum absolute atomic E-state index is 0.208. The molecular weight excluding hydrogens is 255 g/mol. The Balaban J connectivity index is 2.63. The normalized spacial score (nSPS) is 13.1. The van der Waals surface area contributed by atoms with Crippen molar-refractivity contribution < 1.29 is 32.3 Å². The Morgan fingerprint density at radius 3 is 2.56 bits per heavy atom. The van der Waals surface area contributed by atoms with E-state index in [1.54, 1.807) is 5.32 Å². The van der Waals surface area contributed by atoms with Crippen LogP contribution in [0, 0.1) is 0 Å². The standard InChI is InChI=1S/C10H10F3NO4/c11-10(12,13)9(17)14-5-6(4-8(15)16)7-2-1-3-18-7/h1-3,6H,4-5H2,(H,14,17)(H,15,16). The molecule has 1 unspecified atom stereocenters. The molecule has 0 fully saturated rings. The Kier molecular flexibility index (Phi) is 4.35. The highest BCUT2D eigenvalue weighted by Gasteiger charge is 2.38. The molecule has 1 aromatic heterocycles. The molecule has 0 saturated heterocycles. The number of carbonyl (C=O) groups excluding carboxylic acids is 1. The summed E-state index contributed by atoms with van der Waals surface area (Å²) in [6.45, 7) is -0.460. The fourth-order valence-corrected chi connectivity index (χ4v) is 1.32. The topological polar surface area (TPSA) is 79.5 Å². The van der Waals surface area contributed by atoms with Crippen molar-refractivity contribution in [2.24, 2.45) is 0 Å². The van der Waals surface area contributed by atoms with Crippen molar-refractivity contribution >= 4 is 11.9 Å². The van der Waals surface area contributed by atoms with Crippen LogP contribution in [0.15, 0.2) is 22.8 Å². The molecule has 0 aliphatic heterocycles. The lowest BCUT2D eigenvalue weighted by Gasteiger charge is -2.14. The molecule has 0 radical (unpaired) electrons. The van der Waals surface area contributed by atoms with Gasteiger partial charge in [-0.15, -0.1) is 0 Å². The van der Waals surface area contributed by atoms with Gasteiger partial charge >= 0.3 is 18.1 Å². The zero-order valence-electron chi connectivity index (χ0n) is 9.03. The molecule has 18 heavy (non-hydrogen) atoms. The molecule has 100 valence electrons. The van der Waals surface area contributed by atoms with Crippen LogP contribution in [0.25, 0.3) is 0 Å². The highest BCUT2D eigenvalue weighted by molar-refractivity contribution is 5.81. The van der Waals surface area contributed by atoms with Crippen LogP contribution in [0.2, 0.25) is 0 Å². The number of aliphatic carboxylic acids is 1. The van der Waals surface area contributed by atoms with E-state index in [2.05, 4.69) is 0 Å². The van der Waals surface area contributed by atoms with Crippen LogP contribution in [-0.4, -0.2) is 29.7 Å². The SMILES string of the molecule is O=C(O)CC(CNC(=O)C(F)(F)F)c1ccco1. The Morgan fingerprint density at radius 1 is 1.44 bits per heavy atom. The van der Waals surface area contributed by atoms with E-state index in [0.717, 1.165) is 0 Å². The third-order valence-corrected chi connectivity index (χ3v) is 2.13. The highest BCUT2D eigenvalue weighted by Crippen LogP contribution is 2.20. The summed E-state index contributed by atoms with van der Waals surface area (Å²) < 4.78 is 40.8. The molecule has 5 nitrogen and oxygen atoms in total. The fraction of sp³-hybridized carbons (Fsp3) is 0.400. The fourth-order valence-electron chi connectivity index (χ4n) is 1.32. The van der Waals surface area contributed by atoms with Crippen LogP contribution in [0.5, 0.6) is 0 Å².